The first-order chi connectivity index (χ1) is 2.50. The van der Waals surface area contributed by atoms with E-state index >= 15 is 0 Å². The van der Waals surface area contributed by atoms with Crippen LogP contribution in [0.3, 0.4) is 0 Å². The molecule has 0 spiro atoms. The molecule has 1 N–H and O–H groups in total. The largest absolute Gasteiger partial charge is 1.00 e. The standard InChI is InChI=1S/CHN4.Na/c1-2-4-5-3-1;/h(H,2,3,4,5);/q-1;+1. The summed E-state index contributed by atoms with van der Waals surface area (Å²) in [6.45, 7) is 0. The summed E-state index contributed by atoms with van der Waals surface area (Å²) in [6, 6.07) is 0. The molecule has 0 bridgehead atoms. The number of H-pyrrole nitrogens is 1. The normalized spacial score (nSPS) is 6.67. The van der Waals surface area contributed by atoms with Gasteiger partial charge in [-0.2, -0.15) is 0 Å². The number of aromatic amines is 1. The topological polar surface area (TPSA) is 54.5 Å². The van der Waals surface area contributed by atoms with Gasteiger partial charge < -0.3 is 10.2 Å². The van der Waals surface area contributed by atoms with Crippen LogP contribution in [0, 0.1) is 6.33 Å². The van der Waals surface area contributed by atoms with Gasteiger partial charge in [-0.1, -0.05) is 5.21 Å². The summed E-state index contributed by atoms with van der Waals surface area (Å²) >= 11 is 0. The Kier molecular flexibility index (Phi) is 3.31. The third-order valence-electron chi connectivity index (χ3n) is 0.239. The monoisotopic (exact) mass is 92.0 g/mol. The van der Waals surface area contributed by atoms with Gasteiger partial charge in [0.2, 0.25) is 0 Å². The fraction of sp³-hybridized carbons (Fsp3) is 0. The van der Waals surface area contributed by atoms with Crippen LogP contribution in [0.2, 0.25) is 0 Å². The Hall–Kier alpha value is 0.0700. The molecule has 0 saturated carbocycles. The van der Waals surface area contributed by atoms with E-state index in [1.54, 1.807) is 0 Å². The average Bonchev–Trinajstić information content (AvgIpc) is 1.76. The second kappa shape index (κ2) is 3.27. The Morgan fingerprint density at radius 3 is 2.50 bits per heavy atom. The van der Waals surface area contributed by atoms with E-state index in [1.807, 2.05) is 0 Å². The average molecular weight is 92.0 g/mol. The molecule has 5 heteroatoms. The molecule has 0 saturated heterocycles. The van der Waals surface area contributed by atoms with Gasteiger partial charge in [-0.25, -0.2) is 11.5 Å². The number of nitrogens with zero attached hydrogens (tertiary/aromatic N) is 3. The van der Waals surface area contributed by atoms with Crippen molar-refractivity contribution < 1.29 is 29.6 Å². The van der Waals surface area contributed by atoms with Crippen molar-refractivity contribution in [2.24, 2.45) is 0 Å². The maximum Gasteiger partial charge on any atom is 1.00 e. The summed E-state index contributed by atoms with van der Waals surface area (Å²) in [7, 11) is 0. The molecule has 0 aliphatic carbocycles. The first-order valence-corrected chi connectivity index (χ1v) is 1.09. The van der Waals surface area contributed by atoms with Crippen LogP contribution in [0.15, 0.2) is 0 Å². The van der Waals surface area contributed by atoms with E-state index < -0.39 is 0 Å². The van der Waals surface area contributed by atoms with E-state index in [4.69, 9.17) is 0 Å². The number of tetrazole rings is 1. The second-order valence-electron chi connectivity index (χ2n) is 0.512. The molecule has 0 aromatic carbocycles. The van der Waals surface area contributed by atoms with E-state index in [0.29, 0.717) is 0 Å². The molecule has 1 aromatic heterocycles. The smallest absolute Gasteiger partial charge is 0.357 e. The zero-order chi connectivity index (χ0) is 3.54. The molecule has 6 heavy (non-hydrogen) atoms. The Bertz CT molecular complexity index is 64.0. The van der Waals surface area contributed by atoms with E-state index in [-0.39, 0.29) is 29.6 Å². The van der Waals surface area contributed by atoms with Crippen LogP contribution in [-0.2, 0) is 0 Å². The molecule has 0 atom stereocenters. The van der Waals surface area contributed by atoms with Gasteiger partial charge in [0.15, 0.2) is 0 Å². The maximum atomic E-state index is 3.25. The van der Waals surface area contributed by atoms with Crippen molar-refractivity contribution in [1.29, 1.82) is 0 Å². The molecule has 4 nitrogen and oxygen atoms in total. The van der Waals surface area contributed by atoms with Crippen LogP contribution >= 0.6 is 0 Å². The van der Waals surface area contributed by atoms with Crippen LogP contribution in [0.1, 0.15) is 0 Å². The van der Waals surface area contributed by atoms with Crippen molar-refractivity contribution in [2.45, 2.75) is 0 Å². The van der Waals surface area contributed by atoms with E-state index in [0.717, 1.165) is 0 Å². The molecular weight excluding hydrogens is 91.0 g/mol. The van der Waals surface area contributed by atoms with Gasteiger partial charge in [-0.05, 0) is 0 Å². The van der Waals surface area contributed by atoms with Crippen LogP contribution < -0.4 is 29.6 Å². The van der Waals surface area contributed by atoms with Gasteiger partial charge in [0, 0.05) is 0 Å². The Balaban J connectivity index is 0.000000250. The summed E-state index contributed by atoms with van der Waals surface area (Å²) in [5.74, 6) is 0. The fourth-order valence-electron chi connectivity index (χ4n) is 0.112. The minimum absolute atomic E-state index is 0. The van der Waals surface area contributed by atoms with Gasteiger partial charge in [0.1, 0.15) is 0 Å². The van der Waals surface area contributed by atoms with Gasteiger partial charge >= 0.3 is 29.6 Å². The summed E-state index contributed by atoms with van der Waals surface area (Å²) in [5, 5.41) is 11.8. The third kappa shape index (κ3) is 1.49. The molecular formula is CHN4Na. The van der Waals surface area contributed by atoms with Crippen molar-refractivity contribution in [3.05, 3.63) is 6.33 Å². The molecule has 26 valence electrons. The summed E-state index contributed by atoms with van der Waals surface area (Å²) in [4.78, 5) is 0. The van der Waals surface area contributed by atoms with E-state index in [1.165, 1.54) is 0 Å². The quantitative estimate of drug-likeness (QED) is 0.262. The molecule has 0 aliphatic rings. The van der Waals surface area contributed by atoms with Crippen molar-refractivity contribution in [3.63, 3.8) is 0 Å². The van der Waals surface area contributed by atoms with Gasteiger partial charge in [0.25, 0.3) is 0 Å². The molecule has 1 aromatic rings. The second-order valence-corrected chi connectivity index (χ2v) is 0.512. The molecule has 0 radical (unpaired) electrons. The predicted molar refractivity (Wildman–Crippen MR) is 13.0 cm³/mol. The Labute approximate surface area is 56.6 Å². The zero-order valence-electron chi connectivity index (χ0n) is 3.34. The van der Waals surface area contributed by atoms with Gasteiger partial charge in [-0.3, -0.25) is 0 Å². The zero-order valence-corrected chi connectivity index (χ0v) is 5.34. The third-order valence-corrected chi connectivity index (χ3v) is 0.239. The Morgan fingerprint density at radius 2 is 2.33 bits per heavy atom. The maximum absolute atomic E-state index is 3.25. The number of hydrogen-bond acceptors (Lipinski definition) is 3. The SMILES string of the molecule is [Na+].[c-]1nn[nH]n1. The van der Waals surface area contributed by atoms with Crippen molar-refractivity contribution in [1.82, 2.24) is 20.6 Å². The number of rotatable bonds is 0. The summed E-state index contributed by atoms with van der Waals surface area (Å²) in [6.07, 6.45) is 2.19. The molecule has 1 rings (SSSR count). The molecule has 0 amide bonds. The number of aromatic nitrogens is 4. The van der Waals surface area contributed by atoms with Gasteiger partial charge in [0.05, 0.1) is 0 Å². The number of hydrogen-bond donors (Lipinski definition) is 1. The predicted octanol–water partition coefficient (Wildman–Crippen LogP) is -4.00. The summed E-state index contributed by atoms with van der Waals surface area (Å²) < 4.78 is 0. The Morgan fingerprint density at radius 1 is 1.50 bits per heavy atom. The van der Waals surface area contributed by atoms with E-state index in [2.05, 4.69) is 27.0 Å². The minimum atomic E-state index is 0. The molecule has 1 heterocycles. The first kappa shape index (κ1) is 6.07. The van der Waals surface area contributed by atoms with Crippen LogP contribution in [0.5, 0.6) is 0 Å². The van der Waals surface area contributed by atoms with E-state index in [9.17, 15) is 0 Å². The van der Waals surface area contributed by atoms with Crippen LogP contribution in [0.4, 0.5) is 0 Å². The first-order valence-electron chi connectivity index (χ1n) is 1.09. The summed E-state index contributed by atoms with van der Waals surface area (Å²) in [5.41, 5.74) is 0. The number of nitrogens with one attached hydrogen (secondary N) is 1. The fourth-order valence-corrected chi connectivity index (χ4v) is 0.112. The minimum Gasteiger partial charge on any atom is -0.357 e. The van der Waals surface area contributed by atoms with Crippen molar-refractivity contribution >= 4 is 0 Å². The molecule has 0 aliphatic heterocycles. The van der Waals surface area contributed by atoms with Gasteiger partial charge in [-0.15, -0.1) is 0 Å². The van der Waals surface area contributed by atoms with Crippen LogP contribution in [-0.4, -0.2) is 20.6 Å². The van der Waals surface area contributed by atoms with Crippen LogP contribution in [0.25, 0.3) is 0 Å². The van der Waals surface area contributed by atoms with Crippen molar-refractivity contribution in [3.8, 4) is 0 Å². The molecule has 0 fully saturated rings. The molecule has 0 unspecified atom stereocenters. The van der Waals surface area contributed by atoms with Crippen molar-refractivity contribution in [2.75, 3.05) is 0 Å².